The molecular weight excluding hydrogens is 360 g/mol. The highest BCUT2D eigenvalue weighted by Crippen LogP contribution is 2.30. The van der Waals surface area contributed by atoms with E-state index in [0.29, 0.717) is 47.6 Å². The van der Waals surface area contributed by atoms with E-state index >= 15 is 0 Å². The second-order valence-corrected chi connectivity index (χ2v) is 6.75. The quantitative estimate of drug-likeness (QED) is 0.678. The standard InChI is InChI=1S/C20H30N4O4/c1-6-20(7-2,12-21)19(26)24(8-3)11-17-22-14-10-16(28-5)15(27-4)9-13(14)18(25)23-17/h9-10H,6-8,11-12,21H2,1-5H3,(H,22,23,25). The first kappa shape index (κ1) is 21.7. The average Bonchev–Trinajstić information content (AvgIpc) is 2.72. The fourth-order valence-electron chi connectivity index (χ4n) is 3.36. The van der Waals surface area contributed by atoms with E-state index in [1.807, 2.05) is 20.8 Å². The SMILES string of the molecule is CCN(Cc1nc2cc(OC)c(OC)cc2c(=O)[nH]1)C(=O)C(CC)(CC)CN. The number of H-pyrrole nitrogens is 1. The number of aromatic amines is 1. The fraction of sp³-hybridized carbons (Fsp3) is 0.550. The summed E-state index contributed by atoms with van der Waals surface area (Å²) in [6, 6.07) is 3.26. The summed E-state index contributed by atoms with van der Waals surface area (Å²) in [5, 5.41) is 0.397. The molecule has 0 unspecified atom stereocenters. The Hall–Kier alpha value is -2.61. The summed E-state index contributed by atoms with van der Waals surface area (Å²) in [4.78, 5) is 34.7. The Kier molecular flexibility index (Phi) is 7.01. The van der Waals surface area contributed by atoms with Gasteiger partial charge in [0.15, 0.2) is 11.5 Å². The van der Waals surface area contributed by atoms with Gasteiger partial charge < -0.3 is 25.1 Å². The number of carbonyl (C=O) groups is 1. The van der Waals surface area contributed by atoms with Crippen molar-refractivity contribution in [3.63, 3.8) is 0 Å². The number of nitrogens with zero attached hydrogens (tertiary/aromatic N) is 2. The predicted molar refractivity (Wildman–Crippen MR) is 109 cm³/mol. The molecule has 0 saturated carbocycles. The number of amides is 1. The Balaban J connectivity index is 2.44. The molecule has 1 amide bonds. The summed E-state index contributed by atoms with van der Waals surface area (Å²) in [6.45, 7) is 6.83. The highest BCUT2D eigenvalue weighted by atomic mass is 16.5. The molecule has 2 rings (SSSR count). The third kappa shape index (κ3) is 3.96. The third-order valence-corrected chi connectivity index (χ3v) is 5.47. The third-order valence-electron chi connectivity index (χ3n) is 5.47. The van der Waals surface area contributed by atoms with Crippen LogP contribution in [0.5, 0.6) is 11.5 Å². The van der Waals surface area contributed by atoms with E-state index in [-0.39, 0.29) is 24.6 Å². The Morgan fingerprint density at radius 2 is 1.79 bits per heavy atom. The lowest BCUT2D eigenvalue weighted by Crippen LogP contribution is -2.47. The Morgan fingerprint density at radius 1 is 1.18 bits per heavy atom. The molecule has 1 aromatic carbocycles. The zero-order chi connectivity index (χ0) is 20.9. The number of rotatable bonds is 9. The number of aromatic nitrogens is 2. The highest BCUT2D eigenvalue weighted by molar-refractivity contribution is 5.83. The van der Waals surface area contributed by atoms with Crippen LogP contribution in [0.25, 0.3) is 10.9 Å². The van der Waals surface area contributed by atoms with Crippen molar-refractivity contribution in [2.75, 3.05) is 27.3 Å². The zero-order valence-corrected chi connectivity index (χ0v) is 17.3. The molecule has 3 N–H and O–H groups in total. The molecular formula is C20H30N4O4. The van der Waals surface area contributed by atoms with Crippen molar-refractivity contribution in [3.05, 3.63) is 28.3 Å². The van der Waals surface area contributed by atoms with Crippen molar-refractivity contribution in [1.82, 2.24) is 14.9 Å². The van der Waals surface area contributed by atoms with Crippen LogP contribution < -0.4 is 20.8 Å². The lowest BCUT2D eigenvalue weighted by molar-refractivity contribution is -0.142. The minimum Gasteiger partial charge on any atom is -0.493 e. The largest absolute Gasteiger partial charge is 0.493 e. The fourth-order valence-corrected chi connectivity index (χ4v) is 3.36. The van der Waals surface area contributed by atoms with E-state index in [0.717, 1.165) is 0 Å². The molecule has 0 atom stereocenters. The van der Waals surface area contributed by atoms with Gasteiger partial charge >= 0.3 is 0 Å². The van der Waals surface area contributed by atoms with Gasteiger partial charge in [-0.15, -0.1) is 0 Å². The molecule has 0 aliphatic rings. The molecule has 8 nitrogen and oxygen atoms in total. The number of ether oxygens (including phenoxy) is 2. The lowest BCUT2D eigenvalue weighted by atomic mass is 9.81. The van der Waals surface area contributed by atoms with Crippen LogP contribution in [0.3, 0.4) is 0 Å². The molecule has 0 fully saturated rings. The number of benzene rings is 1. The van der Waals surface area contributed by atoms with Gasteiger partial charge in [0.25, 0.3) is 5.56 Å². The van der Waals surface area contributed by atoms with Gasteiger partial charge in [0.05, 0.1) is 37.1 Å². The maximum Gasteiger partial charge on any atom is 0.258 e. The molecule has 0 aliphatic heterocycles. The first-order valence-corrected chi connectivity index (χ1v) is 9.53. The van der Waals surface area contributed by atoms with Crippen LogP contribution in [0.15, 0.2) is 16.9 Å². The zero-order valence-electron chi connectivity index (χ0n) is 17.3. The number of hydrogen-bond donors (Lipinski definition) is 2. The van der Waals surface area contributed by atoms with Gasteiger partial charge in [-0.25, -0.2) is 4.98 Å². The molecule has 0 aliphatic carbocycles. The predicted octanol–water partition coefficient (Wildman–Crippen LogP) is 2.05. The van der Waals surface area contributed by atoms with Crippen LogP contribution >= 0.6 is 0 Å². The van der Waals surface area contributed by atoms with Crippen LogP contribution in [0.1, 0.15) is 39.4 Å². The number of fused-ring (bicyclic) bond motifs is 1. The van der Waals surface area contributed by atoms with Crippen molar-refractivity contribution in [3.8, 4) is 11.5 Å². The maximum atomic E-state index is 13.1. The van der Waals surface area contributed by atoms with E-state index in [1.54, 1.807) is 17.0 Å². The van der Waals surface area contributed by atoms with Crippen LogP contribution in [0, 0.1) is 5.41 Å². The topological polar surface area (TPSA) is 111 Å². The molecule has 0 spiro atoms. The molecule has 0 radical (unpaired) electrons. The number of methoxy groups -OCH3 is 2. The molecule has 154 valence electrons. The van der Waals surface area contributed by atoms with E-state index in [4.69, 9.17) is 15.2 Å². The van der Waals surface area contributed by atoms with Gasteiger partial charge in [-0.1, -0.05) is 13.8 Å². The smallest absolute Gasteiger partial charge is 0.258 e. The average molecular weight is 390 g/mol. The van der Waals surface area contributed by atoms with Crippen molar-refractivity contribution >= 4 is 16.8 Å². The number of hydrogen-bond acceptors (Lipinski definition) is 6. The summed E-state index contributed by atoms with van der Waals surface area (Å²) in [6.07, 6.45) is 1.32. The summed E-state index contributed by atoms with van der Waals surface area (Å²) in [5.74, 6) is 1.34. The summed E-state index contributed by atoms with van der Waals surface area (Å²) in [5.41, 5.74) is 5.52. The second-order valence-electron chi connectivity index (χ2n) is 6.75. The van der Waals surface area contributed by atoms with Crippen molar-refractivity contribution in [1.29, 1.82) is 0 Å². The van der Waals surface area contributed by atoms with Gasteiger partial charge in [0.1, 0.15) is 5.82 Å². The molecule has 2 aromatic rings. The van der Waals surface area contributed by atoms with Crippen LogP contribution in [0.2, 0.25) is 0 Å². The Morgan fingerprint density at radius 3 is 2.29 bits per heavy atom. The number of carbonyl (C=O) groups excluding carboxylic acids is 1. The van der Waals surface area contributed by atoms with Gasteiger partial charge in [0.2, 0.25) is 5.91 Å². The summed E-state index contributed by atoms with van der Waals surface area (Å²) >= 11 is 0. The Bertz CT molecular complexity index is 881. The molecule has 0 saturated heterocycles. The van der Waals surface area contributed by atoms with Crippen molar-refractivity contribution in [2.45, 2.75) is 40.2 Å². The van der Waals surface area contributed by atoms with E-state index in [9.17, 15) is 9.59 Å². The lowest BCUT2D eigenvalue weighted by Gasteiger charge is -2.34. The Labute approximate surface area is 165 Å². The highest BCUT2D eigenvalue weighted by Gasteiger charge is 2.36. The van der Waals surface area contributed by atoms with Crippen LogP contribution in [0.4, 0.5) is 0 Å². The van der Waals surface area contributed by atoms with Crippen molar-refractivity contribution in [2.24, 2.45) is 11.1 Å². The first-order chi connectivity index (χ1) is 13.4. The normalized spacial score (nSPS) is 11.5. The summed E-state index contributed by atoms with van der Waals surface area (Å²) < 4.78 is 10.5. The number of nitrogens with two attached hydrogens (primary N) is 1. The van der Waals surface area contributed by atoms with Gasteiger partial charge in [-0.05, 0) is 25.8 Å². The molecule has 28 heavy (non-hydrogen) atoms. The molecule has 0 bridgehead atoms. The molecule has 8 heteroatoms. The first-order valence-electron chi connectivity index (χ1n) is 9.53. The maximum absolute atomic E-state index is 13.1. The monoisotopic (exact) mass is 390 g/mol. The van der Waals surface area contributed by atoms with Crippen LogP contribution in [-0.2, 0) is 11.3 Å². The second kappa shape index (κ2) is 9.05. The molecule has 1 aromatic heterocycles. The van der Waals surface area contributed by atoms with E-state index in [2.05, 4.69) is 9.97 Å². The van der Waals surface area contributed by atoms with Crippen LogP contribution in [-0.4, -0.2) is 48.1 Å². The number of nitrogens with one attached hydrogen (secondary N) is 1. The minimum atomic E-state index is -0.594. The van der Waals surface area contributed by atoms with Crippen molar-refractivity contribution < 1.29 is 14.3 Å². The molecule has 1 heterocycles. The van der Waals surface area contributed by atoms with Gasteiger partial charge in [-0.3, -0.25) is 9.59 Å². The van der Waals surface area contributed by atoms with Gasteiger partial charge in [-0.2, -0.15) is 0 Å². The van der Waals surface area contributed by atoms with Gasteiger partial charge in [0, 0.05) is 19.2 Å². The minimum absolute atomic E-state index is 0.0162. The van der Waals surface area contributed by atoms with E-state index in [1.165, 1.54) is 14.2 Å². The summed E-state index contributed by atoms with van der Waals surface area (Å²) in [7, 11) is 3.03. The van der Waals surface area contributed by atoms with E-state index < -0.39 is 5.41 Å².